The predicted molar refractivity (Wildman–Crippen MR) is 137 cm³/mol. The Morgan fingerprint density at radius 3 is 2.34 bits per heavy atom. The molecule has 1 heterocycles. The Hall–Kier alpha value is -4.46. The largest absolute Gasteiger partial charge is 0.497 e. The van der Waals surface area contributed by atoms with Gasteiger partial charge in [-0.2, -0.15) is 0 Å². The van der Waals surface area contributed by atoms with Gasteiger partial charge in [-0.1, -0.05) is 37.3 Å². The number of hydrogen-bond acceptors (Lipinski definition) is 5. The standard InChI is InChI=1S/C27H26N4O4/c1-4-23(26(33)29-18-13-15-19(35-3)16-14-18)31-24-12-8-7-11-22(24)30-25(27(31)34)20-9-5-6-10-21(20)28-17(2)32/h5-16,23H,4H2,1-3H3,(H,28,32)(H,29,33). The van der Waals surface area contributed by atoms with E-state index in [0.717, 1.165) is 0 Å². The molecule has 0 bridgehead atoms. The van der Waals surface area contributed by atoms with Crippen LogP contribution >= 0.6 is 0 Å². The number of para-hydroxylation sites is 3. The van der Waals surface area contributed by atoms with Crippen molar-refractivity contribution >= 4 is 34.2 Å². The molecule has 1 unspecified atom stereocenters. The summed E-state index contributed by atoms with van der Waals surface area (Å²) in [5, 5.41) is 5.66. The zero-order chi connectivity index (χ0) is 24.9. The van der Waals surface area contributed by atoms with Crippen molar-refractivity contribution in [3.8, 4) is 17.0 Å². The minimum atomic E-state index is -0.788. The highest BCUT2D eigenvalue weighted by Gasteiger charge is 2.25. The summed E-state index contributed by atoms with van der Waals surface area (Å²) in [4.78, 5) is 43.6. The number of nitrogens with one attached hydrogen (secondary N) is 2. The minimum absolute atomic E-state index is 0.156. The topological polar surface area (TPSA) is 102 Å². The highest BCUT2D eigenvalue weighted by Crippen LogP contribution is 2.27. The molecular formula is C27H26N4O4. The zero-order valence-electron chi connectivity index (χ0n) is 19.7. The highest BCUT2D eigenvalue weighted by molar-refractivity contribution is 5.96. The van der Waals surface area contributed by atoms with Gasteiger partial charge in [0.2, 0.25) is 11.8 Å². The van der Waals surface area contributed by atoms with Gasteiger partial charge in [0, 0.05) is 18.2 Å². The average molecular weight is 471 g/mol. The number of rotatable bonds is 7. The molecule has 0 aliphatic heterocycles. The maximum absolute atomic E-state index is 13.9. The molecule has 0 saturated carbocycles. The van der Waals surface area contributed by atoms with Crippen molar-refractivity contribution in [3.63, 3.8) is 0 Å². The molecule has 0 radical (unpaired) electrons. The van der Waals surface area contributed by atoms with Gasteiger partial charge in [-0.3, -0.25) is 19.0 Å². The van der Waals surface area contributed by atoms with Crippen molar-refractivity contribution < 1.29 is 14.3 Å². The Bertz CT molecular complexity index is 1440. The van der Waals surface area contributed by atoms with Gasteiger partial charge in [0.15, 0.2) is 0 Å². The van der Waals surface area contributed by atoms with Crippen LogP contribution in [0.4, 0.5) is 11.4 Å². The summed E-state index contributed by atoms with van der Waals surface area (Å²) >= 11 is 0. The Balaban J connectivity index is 1.85. The van der Waals surface area contributed by atoms with Gasteiger partial charge in [0.05, 0.1) is 23.8 Å². The summed E-state index contributed by atoms with van der Waals surface area (Å²) in [6.45, 7) is 3.25. The second-order valence-corrected chi connectivity index (χ2v) is 7.99. The third kappa shape index (κ3) is 4.91. The van der Waals surface area contributed by atoms with E-state index < -0.39 is 11.6 Å². The lowest BCUT2D eigenvalue weighted by molar-refractivity contribution is -0.119. The van der Waals surface area contributed by atoms with Gasteiger partial charge in [-0.05, 0) is 48.9 Å². The first kappa shape index (κ1) is 23.7. The molecule has 3 aromatic carbocycles. The van der Waals surface area contributed by atoms with E-state index in [9.17, 15) is 14.4 Å². The first-order valence-corrected chi connectivity index (χ1v) is 11.3. The van der Waals surface area contributed by atoms with Crippen LogP contribution in [-0.2, 0) is 9.59 Å². The molecule has 4 rings (SSSR count). The summed E-state index contributed by atoms with van der Waals surface area (Å²) in [5.74, 6) is 0.0925. The van der Waals surface area contributed by atoms with Gasteiger partial charge in [0.1, 0.15) is 17.5 Å². The normalized spacial score (nSPS) is 11.6. The number of carbonyl (C=O) groups excluding carboxylic acids is 2. The van der Waals surface area contributed by atoms with Crippen molar-refractivity contribution in [2.24, 2.45) is 0 Å². The van der Waals surface area contributed by atoms with Crippen LogP contribution in [0.5, 0.6) is 5.75 Å². The van der Waals surface area contributed by atoms with E-state index >= 15 is 0 Å². The van der Waals surface area contributed by atoms with Crippen molar-refractivity contribution in [2.45, 2.75) is 26.3 Å². The highest BCUT2D eigenvalue weighted by atomic mass is 16.5. The van der Waals surface area contributed by atoms with Gasteiger partial charge < -0.3 is 15.4 Å². The maximum atomic E-state index is 13.9. The van der Waals surface area contributed by atoms with Crippen molar-refractivity contribution in [2.75, 3.05) is 17.7 Å². The van der Waals surface area contributed by atoms with E-state index in [0.29, 0.717) is 40.1 Å². The summed E-state index contributed by atoms with van der Waals surface area (Å²) in [6, 6.07) is 20.4. The number of aromatic nitrogens is 2. The smallest absolute Gasteiger partial charge is 0.278 e. The molecule has 0 saturated heterocycles. The molecule has 0 fully saturated rings. The molecule has 35 heavy (non-hydrogen) atoms. The van der Waals surface area contributed by atoms with Crippen LogP contribution in [0, 0.1) is 0 Å². The number of anilines is 2. The SMILES string of the molecule is CCC(C(=O)Nc1ccc(OC)cc1)n1c(=O)c(-c2ccccc2NC(C)=O)nc2ccccc21. The average Bonchev–Trinajstić information content (AvgIpc) is 2.86. The first-order valence-electron chi connectivity index (χ1n) is 11.3. The van der Waals surface area contributed by atoms with E-state index in [1.807, 2.05) is 13.0 Å². The molecule has 0 spiro atoms. The zero-order valence-corrected chi connectivity index (χ0v) is 19.7. The van der Waals surface area contributed by atoms with Crippen LogP contribution in [0.2, 0.25) is 0 Å². The molecule has 0 aliphatic rings. The number of nitrogens with zero attached hydrogens (tertiary/aromatic N) is 2. The Labute approximate surface area is 202 Å². The van der Waals surface area contributed by atoms with E-state index in [2.05, 4.69) is 15.6 Å². The van der Waals surface area contributed by atoms with E-state index in [1.165, 1.54) is 11.5 Å². The van der Waals surface area contributed by atoms with Crippen molar-refractivity contribution in [1.82, 2.24) is 9.55 Å². The fourth-order valence-corrected chi connectivity index (χ4v) is 4.01. The Morgan fingerprint density at radius 2 is 1.66 bits per heavy atom. The number of methoxy groups -OCH3 is 1. The lowest BCUT2D eigenvalue weighted by atomic mass is 10.1. The van der Waals surface area contributed by atoms with E-state index in [4.69, 9.17) is 4.74 Å². The second kappa shape index (κ2) is 10.2. The summed E-state index contributed by atoms with van der Waals surface area (Å²) in [6.07, 6.45) is 0.378. The Kier molecular flexibility index (Phi) is 6.91. The molecule has 2 N–H and O–H groups in total. The van der Waals surface area contributed by atoms with E-state index in [1.54, 1.807) is 73.8 Å². The van der Waals surface area contributed by atoms with Crippen LogP contribution in [0.25, 0.3) is 22.3 Å². The third-order valence-electron chi connectivity index (χ3n) is 5.65. The number of fused-ring (bicyclic) bond motifs is 1. The van der Waals surface area contributed by atoms with Gasteiger partial charge in [0.25, 0.3) is 5.56 Å². The van der Waals surface area contributed by atoms with Gasteiger partial charge >= 0.3 is 0 Å². The van der Waals surface area contributed by atoms with Crippen LogP contribution < -0.4 is 20.9 Å². The van der Waals surface area contributed by atoms with Crippen molar-refractivity contribution in [3.05, 3.63) is 83.2 Å². The fraction of sp³-hybridized carbons (Fsp3) is 0.185. The third-order valence-corrected chi connectivity index (χ3v) is 5.65. The Morgan fingerprint density at radius 1 is 0.971 bits per heavy atom. The van der Waals surface area contributed by atoms with Crippen LogP contribution in [-0.4, -0.2) is 28.5 Å². The molecule has 1 atom stereocenters. The summed E-state index contributed by atoms with van der Waals surface area (Å²) in [5.41, 5.74) is 2.41. The maximum Gasteiger partial charge on any atom is 0.278 e. The molecule has 0 aliphatic carbocycles. The molecule has 8 nitrogen and oxygen atoms in total. The summed E-state index contributed by atoms with van der Waals surface area (Å²) < 4.78 is 6.66. The quantitative estimate of drug-likeness (QED) is 0.410. The lowest BCUT2D eigenvalue weighted by Crippen LogP contribution is -2.34. The number of benzene rings is 3. The van der Waals surface area contributed by atoms with Crippen LogP contribution in [0.3, 0.4) is 0 Å². The monoisotopic (exact) mass is 470 g/mol. The number of amides is 2. The second-order valence-electron chi connectivity index (χ2n) is 7.99. The molecular weight excluding hydrogens is 444 g/mol. The predicted octanol–water partition coefficient (Wildman–Crippen LogP) is 4.62. The van der Waals surface area contributed by atoms with E-state index in [-0.39, 0.29) is 17.5 Å². The summed E-state index contributed by atoms with van der Waals surface area (Å²) in [7, 11) is 1.57. The fourth-order valence-electron chi connectivity index (χ4n) is 4.01. The number of hydrogen-bond donors (Lipinski definition) is 2. The number of carbonyl (C=O) groups is 2. The molecule has 2 amide bonds. The number of ether oxygens (including phenoxy) is 1. The van der Waals surface area contributed by atoms with Crippen LogP contribution in [0.1, 0.15) is 26.3 Å². The molecule has 8 heteroatoms. The molecule has 178 valence electrons. The minimum Gasteiger partial charge on any atom is -0.497 e. The van der Waals surface area contributed by atoms with Gasteiger partial charge in [-0.15, -0.1) is 0 Å². The van der Waals surface area contributed by atoms with Crippen molar-refractivity contribution in [1.29, 1.82) is 0 Å². The molecule has 4 aromatic rings. The van der Waals surface area contributed by atoms with Crippen LogP contribution in [0.15, 0.2) is 77.6 Å². The van der Waals surface area contributed by atoms with Gasteiger partial charge in [-0.25, -0.2) is 4.98 Å². The molecule has 1 aromatic heterocycles. The lowest BCUT2D eigenvalue weighted by Gasteiger charge is -2.21. The first-order chi connectivity index (χ1) is 16.9.